The summed E-state index contributed by atoms with van der Waals surface area (Å²) in [5.74, 6) is -0.658. The third-order valence-corrected chi connectivity index (χ3v) is 8.89. The molecular formula is C39H44N8O4. The van der Waals surface area contributed by atoms with Crippen LogP contribution in [-0.2, 0) is 0 Å². The molecule has 51 heavy (non-hydrogen) atoms. The number of nitrogens with zero attached hydrogens (tertiary/aromatic N) is 2. The Hall–Kier alpha value is -5.72. The lowest BCUT2D eigenvalue weighted by Crippen LogP contribution is -2.30. The minimum absolute atomic E-state index is 0.150. The SMILES string of the molecule is CN(C)CCNc1ccc(C(=O)NCCCNC(=O)c2ccc(NCCN(C)C)c3c(=O)c4ccccc4[nH]c23)c2[nH]c3ccccc3c(=O)c12. The van der Waals surface area contributed by atoms with Crippen molar-refractivity contribution >= 4 is 66.8 Å². The molecule has 4 aromatic carbocycles. The predicted molar refractivity (Wildman–Crippen MR) is 208 cm³/mol. The topological polar surface area (TPSA) is 154 Å². The van der Waals surface area contributed by atoms with E-state index in [0.717, 1.165) is 13.1 Å². The highest BCUT2D eigenvalue weighted by molar-refractivity contribution is 6.12. The van der Waals surface area contributed by atoms with E-state index in [0.29, 0.717) is 85.6 Å². The Balaban J connectivity index is 1.16. The zero-order valence-electron chi connectivity index (χ0n) is 29.4. The summed E-state index contributed by atoms with van der Waals surface area (Å²) in [5.41, 5.74) is 3.97. The number of amides is 2. The summed E-state index contributed by atoms with van der Waals surface area (Å²) in [6.45, 7) is 3.39. The molecule has 2 amide bonds. The summed E-state index contributed by atoms with van der Waals surface area (Å²) in [7, 11) is 7.92. The monoisotopic (exact) mass is 688 g/mol. The lowest BCUT2D eigenvalue weighted by Gasteiger charge is -2.16. The van der Waals surface area contributed by atoms with E-state index in [1.165, 1.54) is 0 Å². The molecule has 0 saturated heterocycles. The van der Waals surface area contributed by atoms with Gasteiger partial charge < -0.3 is 41.0 Å². The molecular weight excluding hydrogens is 644 g/mol. The number of pyridine rings is 2. The van der Waals surface area contributed by atoms with Gasteiger partial charge in [-0.15, -0.1) is 0 Å². The number of hydrogen-bond donors (Lipinski definition) is 6. The average molecular weight is 689 g/mol. The van der Waals surface area contributed by atoms with Crippen molar-refractivity contribution in [1.82, 2.24) is 30.4 Å². The van der Waals surface area contributed by atoms with Crippen molar-refractivity contribution < 1.29 is 9.59 Å². The Kier molecular flexibility index (Phi) is 10.6. The number of nitrogens with one attached hydrogen (secondary N) is 6. The summed E-state index contributed by atoms with van der Waals surface area (Å²) in [6, 6.07) is 21.5. The summed E-state index contributed by atoms with van der Waals surface area (Å²) < 4.78 is 0. The Morgan fingerprint density at radius 2 is 0.980 bits per heavy atom. The number of aromatic amines is 2. The molecule has 6 N–H and O–H groups in total. The normalized spacial score (nSPS) is 11.6. The zero-order chi connectivity index (χ0) is 36.1. The van der Waals surface area contributed by atoms with Crippen LogP contribution in [0.15, 0.2) is 82.4 Å². The standard InChI is InChI=1S/C39H44N8O4/c1-46(2)22-20-40-30-16-14-26(34-32(30)36(48)24-10-5-7-12-28(24)44-34)38(50)42-18-9-19-43-39(51)27-15-17-31(41-21-23-47(3)4)33-35(27)45-29-13-8-6-11-25(29)37(33)49/h5-8,10-17,40-41H,9,18-23H2,1-4H3,(H,42,50)(H,43,51)(H,44,48)(H,45,49). The smallest absolute Gasteiger partial charge is 0.253 e. The Bertz CT molecular complexity index is 2200. The van der Waals surface area contributed by atoms with Crippen LogP contribution in [0.4, 0.5) is 11.4 Å². The number of para-hydroxylation sites is 2. The third-order valence-electron chi connectivity index (χ3n) is 8.89. The first-order valence-electron chi connectivity index (χ1n) is 17.1. The van der Waals surface area contributed by atoms with E-state index in [9.17, 15) is 19.2 Å². The van der Waals surface area contributed by atoms with E-state index in [4.69, 9.17) is 0 Å². The summed E-state index contributed by atoms with van der Waals surface area (Å²) in [4.78, 5) is 65.0. The summed E-state index contributed by atoms with van der Waals surface area (Å²) in [5, 5.41) is 14.6. The van der Waals surface area contributed by atoms with Gasteiger partial charge >= 0.3 is 0 Å². The predicted octanol–water partition coefficient (Wildman–Crippen LogP) is 4.17. The van der Waals surface area contributed by atoms with Gasteiger partial charge in [-0.1, -0.05) is 24.3 Å². The number of rotatable bonds is 14. The highest BCUT2D eigenvalue weighted by atomic mass is 16.2. The number of fused-ring (bicyclic) bond motifs is 4. The van der Waals surface area contributed by atoms with Crippen LogP contribution in [0, 0.1) is 0 Å². The van der Waals surface area contributed by atoms with Crippen molar-refractivity contribution in [2.75, 3.05) is 78.1 Å². The lowest BCUT2D eigenvalue weighted by atomic mass is 10.0. The maximum absolute atomic E-state index is 13.6. The molecule has 0 spiro atoms. The average Bonchev–Trinajstić information content (AvgIpc) is 3.11. The quantitative estimate of drug-likeness (QED) is 0.0737. The van der Waals surface area contributed by atoms with Crippen molar-refractivity contribution in [2.24, 2.45) is 0 Å². The molecule has 0 radical (unpaired) electrons. The molecule has 2 aromatic heterocycles. The maximum atomic E-state index is 13.6. The molecule has 0 unspecified atom stereocenters. The Labute approximate surface area is 295 Å². The van der Waals surface area contributed by atoms with Gasteiger partial charge in [0, 0.05) is 72.4 Å². The van der Waals surface area contributed by atoms with Gasteiger partial charge in [0.25, 0.3) is 11.8 Å². The van der Waals surface area contributed by atoms with Gasteiger partial charge in [0.1, 0.15) is 0 Å². The molecule has 6 rings (SSSR count). The summed E-state index contributed by atoms with van der Waals surface area (Å²) >= 11 is 0. The van der Waals surface area contributed by atoms with Gasteiger partial charge in [-0.2, -0.15) is 0 Å². The fourth-order valence-electron chi connectivity index (χ4n) is 6.24. The molecule has 0 aliphatic rings. The number of anilines is 2. The number of carbonyl (C=O) groups is 2. The Morgan fingerprint density at radius 1 is 0.569 bits per heavy atom. The van der Waals surface area contributed by atoms with Crippen molar-refractivity contribution in [1.29, 1.82) is 0 Å². The van der Waals surface area contributed by atoms with E-state index in [2.05, 4.69) is 31.2 Å². The molecule has 264 valence electrons. The van der Waals surface area contributed by atoms with Crippen LogP contribution in [0.2, 0.25) is 0 Å². The van der Waals surface area contributed by atoms with Crippen LogP contribution in [-0.4, -0.2) is 99.0 Å². The second kappa shape index (κ2) is 15.4. The van der Waals surface area contributed by atoms with Gasteiger partial charge in [0.05, 0.1) is 32.9 Å². The van der Waals surface area contributed by atoms with E-state index in [1.54, 1.807) is 36.4 Å². The number of likely N-dealkylation sites (N-methyl/N-ethyl adjacent to an activating group) is 2. The molecule has 0 saturated carbocycles. The summed E-state index contributed by atoms with van der Waals surface area (Å²) in [6.07, 6.45) is 0.459. The minimum atomic E-state index is -0.329. The first kappa shape index (κ1) is 35.1. The van der Waals surface area contributed by atoms with Crippen molar-refractivity contribution in [3.05, 3.63) is 104 Å². The van der Waals surface area contributed by atoms with E-state index in [-0.39, 0.29) is 35.8 Å². The van der Waals surface area contributed by atoms with Crippen LogP contribution < -0.4 is 32.1 Å². The van der Waals surface area contributed by atoms with Gasteiger partial charge in [0.15, 0.2) is 10.9 Å². The number of carbonyl (C=O) groups excluding carboxylic acids is 2. The van der Waals surface area contributed by atoms with E-state index >= 15 is 0 Å². The first-order valence-corrected chi connectivity index (χ1v) is 17.1. The van der Waals surface area contributed by atoms with Crippen LogP contribution >= 0.6 is 0 Å². The number of benzene rings is 4. The highest BCUT2D eigenvalue weighted by Crippen LogP contribution is 2.27. The number of H-pyrrole nitrogens is 2. The molecule has 0 atom stereocenters. The second-order valence-corrected chi connectivity index (χ2v) is 13.1. The van der Waals surface area contributed by atoms with E-state index in [1.807, 2.05) is 74.4 Å². The number of hydrogen-bond acceptors (Lipinski definition) is 8. The minimum Gasteiger partial charge on any atom is -0.383 e. The molecule has 12 nitrogen and oxygen atoms in total. The van der Waals surface area contributed by atoms with Gasteiger partial charge in [-0.3, -0.25) is 19.2 Å². The van der Waals surface area contributed by atoms with Gasteiger partial charge in [-0.25, -0.2) is 0 Å². The number of aromatic nitrogens is 2. The van der Waals surface area contributed by atoms with Crippen molar-refractivity contribution in [2.45, 2.75) is 6.42 Å². The van der Waals surface area contributed by atoms with Crippen molar-refractivity contribution in [3.8, 4) is 0 Å². The van der Waals surface area contributed by atoms with Crippen LogP contribution in [0.5, 0.6) is 0 Å². The molecule has 6 aromatic rings. The van der Waals surface area contributed by atoms with Crippen LogP contribution in [0.1, 0.15) is 27.1 Å². The van der Waals surface area contributed by atoms with Crippen LogP contribution in [0.25, 0.3) is 43.6 Å². The van der Waals surface area contributed by atoms with E-state index < -0.39 is 0 Å². The molecule has 2 heterocycles. The third kappa shape index (κ3) is 7.57. The van der Waals surface area contributed by atoms with Crippen molar-refractivity contribution in [3.63, 3.8) is 0 Å². The van der Waals surface area contributed by atoms with Crippen LogP contribution in [0.3, 0.4) is 0 Å². The first-order chi connectivity index (χ1) is 24.6. The lowest BCUT2D eigenvalue weighted by molar-refractivity contribution is 0.0953. The zero-order valence-corrected chi connectivity index (χ0v) is 29.4. The fourth-order valence-corrected chi connectivity index (χ4v) is 6.24. The van der Waals surface area contributed by atoms with Gasteiger partial charge in [-0.05, 0) is 83.1 Å². The maximum Gasteiger partial charge on any atom is 0.253 e. The molecule has 0 fully saturated rings. The molecule has 0 bridgehead atoms. The molecule has 12 heteroatoms. The van der Waals surface area contributed by atoms with Gasteiger partial charge in [0.2, 0.25) is 0 Å². The second-order valence-electron chi connectivity index (χ2n) is 13.1. The molecule has 0 aliphatic carbocycles. The molecule has 0 aliphatic heterocycles. The largest absolute Gasteiger partial charge is 0.383 e. The highest BCUT2D eigenvalue weighted by Gasteiger charge is 2.19. The fraction of sp³-hybridized carbons (Fsp3) is 0.282. The Morgan fingerprint density at radius 3 is 1.39 bits per heavy atom.